The largest absolute Gasteiger partial charge is 0.508 e. The number of nitrogens with two attached hydrogens (primary N) is 1. The summed E-state index contributed by atoms with van der Waals surface area (Å²) in [5, 5.41) is 12.2. The summed E-state index contributed by atoms with van der Waals surface area (Å²) < 4.78 is 0. The number of phenols is 1. The van der Waals surface area contributed by atoms with Crippen molar-refractivity contribution in [2.24, 2.45) is 0 Å². The lowest BCUT2D eigenvalue weighted by Gasteiger charge is -2.19. The summed E-state index contributed by atoms with van der Waals surface area (Å²) >= 11 is 0. The number of phenolic OH excluding ortho intramolecular Hbond substituents is 1. The molecule has 0 aliphatic carbocycles. The Morgan fingerprint density at radius 2 is 2.00 bits per heavy atom. The van der Waals surface area contributed by atoms with Crippen LogP contribution in [0.15, 0.2) is 48.5 Å². The summed E-state index contributed by atoms with van der Waals surface area (Å²) in [4.78, 5) is 13.7. The average Bonchev–Trinajstić information content (AvgIpc) is 2.38. The van der Waals surface area contributed by atoms with E-state index >= 15 is 0 Å². The highest BCUT2D eigenvalue weighted by molar-refractivity contribution is 5.94. The van der Waals surface area contributed by atoms with E-state index in [1.54, 1.807) is 54.4 Å². The van der Waals surface area contributed by atoms with Crippen LogP contribution in [-0.4, -0.2) is 24.6 Å². The Morgan fingerprint density at radius 3 is 2.70 bits per heavy atom. The van der Waals surface area contributed by atoms with E-state index in [-0.39, 0.29) is 18.2 Å². The first kappa shape index (κ1) is 13.7. The molecule has 0 saturated carbocycles. The molecule has 4 N–H and O–H groups in total. The lowest BCUT2D eigenvalue weighted by molar-refractivity contribution is -0.114. The van der Waals surface area contributed by atoms with Crippen LogP contribution >= 0.6 is 0 Å². The van der Waals surface area contributed by atoms with Crippen LogP contribution in [0.25, 0.3) is 0 Å². The second-order valence-electron chi connectivity index (χ2n) is 4.55. The first-order chi connectivity index (χ1) is 9.54. The van der Waals surface area contributed by atoms with E-state index in [2.05, 4.69) is 5.32 Å². The third kappa shape index (κ3) is 3.65. The number of amides is 1. The van der Waals surface area contributed by atoms with E-state index < -0.39 is 0 Å². The number of likely N-dealkylation sites (N-methyl/N-ethyl adjacent to an activating group) is 1. The summed E-state index contributed by atoms with van der Waals surface area (Å²) in [6, 6.07) is 13.8. The highest BCUT2D eigenvalue weighted by Gasteiger charge is 2.08. The van der Waals surface area contributed by atoms with Crippen LogP contribution in [0.3, 0.4) is 0 Å². The molecule has 0 aromatic heterocycles. The minimum absolute atomic E-state index is 0.151. The van der Waals surface area contributed by atoms with Crippen LogP contribution in [0.2, 0.25) is 0 Å². The van der Waals surface area contributed by atoms with Crippen LogP contribution in [0.4, 0.5) is 17.1 Å². The van der Waals surface area contributed by atoms with Gasteiger partial charge >= 0.3 is 0 Å². The number of anilines is 3. The maximum absolute atomic E-state index is 11.9. The standard InChI is InChI=1S/C15H17N3O2/c1-18(13-6-3-7-14(19)9-13)10-15(20)17-12-5-2-4-11(16)8-12/h2-9,19H,10,16H2,1H3,(H,17,20). The van der Waals surface area contributed by atoms with Crippen LogP contribution < -0.4 is 16.0 Å². The Morgan fingerprint density at radius 1 is 1.25 bits per heavy atom. The second kappa shape index (κ2) is 5.97. The molecule has 0 spiro atoms. The molecule has 0 fully saturated rings. The van der Waals surface area contributed by atoms with E-state index in [1.807, 2.05) is 6.07 Å². The van der Waals surface area contributed by atoms with Gasteiger partial charge in [0.15, 0.2) is 0 Å². The molecule has 0 aliphatic heterocycles. The molecule has 5 nitrogen and oxygen atoms in total. The van der Waals surface area contributed by atoms with Crippen molar-refractivity contribution in [2.45, 2.75) is 0 Å². The van der Waals surface area contributed by atoms with Gasteiger partial charge in [-0.15, -0.1) is 0 Å². The molecule has 2 aromatic rings. The van der Waals surface area contributed by atoms with Gasteiger partial charge in [0.2, 0.25) is 5.91 Å². The van der Waals surface area contributed by atoms with Crippen LogP contribution in [0, 0.1) is 0 Å². The van der Waals surface area contributed by atoms with Gasteiger partial charge in [0.1, 0.15) is 5.75 Å². The van der Waals surface area contributed by atoms with E-state index in [9.17, 15) is 9.90 Å². The topological polar surface area (TPSA) is 78.6 Å². The number of nitrogen functional groups attached to an aromatic ring is 1. The van der Waals surface area contributed by atoms with Crippen molar-refractivity contribution in [3.05, 3.63) is 48.5 Å². The van der Waals surface area contributed by atoms with E-state index in [0.29, 0.717) is 11.4 Å². The Bertz CT molecular complexity index is 614. The highest BCUT2D eigenvalue weighted by atomic mass is 16.3. The van der Waals surface area contributed by atoms with E-state index in [0.717, 1.165) is 5.69 Å². The number of rotatable bonds is 4. The molecule has 0 atom stereocenters. The first-order valence-electron chi connectivity index (χ1n) is 6.20. The van der Waals surface area contributed by atoms with Crippen molar-refractivity contribution in [3.8, 4) is 5.75 Å². The molecular formula is C15H17N3O2. The van der Waals surface area contributed by atoms with Crippen molar-refractivity contribution in [1.29, 1.82) is 0 Å². The number of hydrogen-bond acceptors (Lipinski definition) is 4. The zero-order valence-electron chi connectivity index (χ0n) is 11.2. The predicted octanol–water partition coefficient (Wildman–Crippen LogP) is 2.05. The van der Waals surface area contributed by atoms with Crippen molar-refractivity contribution in [1.82, 2.24) is 0 Å². The quantitative estimate of drug-likeness (QED) is 0.744. The van der Waals surface area contributed by atoms with Crippen molar-refractivity contribution in [3.63, 3.8) is 0 Å². The monoisotopic (exact) mass is 271 g/mol. The fourth-order valence-electron chi connectivity index (χ4n) is 1.85. The van der Waals surface area contributed by atoms with Crippen molar-refractivity contribution in [2.75, 3.05) is 29.5 Å². The molecule has 20 heavy (non-hydrogen) atoms. The molecule has 0 saturated heterocycles. The van der Waals surface area contributed by atoms with Gasteiger partial charge in [0.05, 0.1) is 6.54 Å². The molecule has 0 radical (unpaired) electrons. The summed E-state index contributed by atoms with van der Waals surface area (Å²) in [6.07, 6.45) is 0. The minimum Gasteiger partial charge on any atom is -0.508 e. The molecule has 0 aliphatic rings. The molecule has 0 heterocycles. The highest BCUT2D eigenvalue weighted by Crippen LogP contribution is 2.19. The van der Waals surface area contributed by atoms with Crippen LogP contribution in [-0.2, 0) is 4.79 Å². The average molecular weight is 271 g/mol. The maximum atomic E-state index is 11.9. The van der Waals surface area contributed by atoms with Gasteiger partial charge in [-0.25, -0.2) is 0 Å². The molecular weight excluding hydrogens is 254 g/mol. The summed E-state index contributed by atoms with van der Waals surface area (Å²) in [5.41, 5.74) is 7.69. The van der Waals surface area contributed by atoms with Gasteiger partial charge in [-0.3, -0.25) is 4.79 Å². The number of benzene rings is 2. The minimum atomic E-state index is -0.151. The van der Waals surface area contributed by atoms with Crippen LogP contribution in [0.5, 0.6) is 5.75 Å². The Labute approximate surface area is 117 Å². The molecule has 104 valence electrons. The van der Waals surface area contributed by atoms with Gasteiger partial charge < -0.3 is 21.1 Å². The summed E-state index contributed by atoms with van der Waals surface area (Å²) in [7, 11) is 1.79. The fraction of sp³-hybridized carbons (Fsp3) is 0.133. The molecule has 2 aromatic carbocycles. The molecule has 2 rings (SSSR count). The summed E-state index contributed by atoms with van der Waals surface area (Å²) in [6.45, 7) is 0.179. The number of carbonyl (C=O) groups excluding carboxylic acids is 1. The van der Waals surface area contributed by atoms with Gasteiger partial charge in [-0.2, -0.15) is 0 Å². The smallest absolute Gasteiger partial charge is 0.243 e. The zero-order valence-corrected chi connectivity index (χ0v) is 11.2. The van der Waals surface area contributed by atoms with Gasteiger partial charge in [-0.05, 0) is 30.3 Å². The first-order valence-corrected chi connectivity index (χ1v) is 6.20. The Hall–Kier alpha value is -2.69. The number of hydrogen-bond donors (Lipinski definition) is 3. The lowest BCUT2D eigenvalue weighted by Crippen LogP contribution is -2.30. The van der Waals surface area contributed by atoms with Crippen LogP contribution in [0.1, 0.15) is 0 Å². The fourth-order valence-corrected chi connectivity index (χ4v) is 1.85. The number of nitrogens with zero attached hydrogens (tertiary/aromatic N) is 1. The Balaban J connectivity index is 1.97. The second-order valence-corrected chi connectivity index (χ2v) is 4.55. The predicted molar refractivity (Wildman–Crippen MR) is 80.9 cm³/mol. The van der Waals surface area contributed by atoms with Gasteiger partial charge in [-0.1, -0.05) is 12.1 Å². The number of nitrogens with one attached hydrogen (secondary N) is 1. The SMILES string of the molecule is CN(CC(=O)Nc1cccc(N)c1)c1cccc(O)c1. The van der Waals surface area contributed by atoms with E-state index in [4.69, 9.17) is 5.73 Å². The van der Waals surface area contributed by atoms with Gasteiger partial charge in [0, 0.05) is 30.2 Å². The zero-order chi connectivity index (χ0) is 14.5. The normalized spacial score (nSPS) is 10.1. The van der Waals surface area contributed by atoms with Gasteiger partial charge in [0.25, 0.3) is 0 Å². The Kier molecular flexibility index (Phi) is 4.10. The molecule has 0 unspecified atom stereocenters. The molecule has 0 bridgehead atoms. The molecule has 1 amide bonds. The lowest BCUT2D eigenvalue weighted by atomic mass is 10.2. The third-order valence-corrected chi connectivity index (χ3v) is 2.82. The number of aromatic hydroxyl groups is 1. The third-order valence-electron chi connectivity index (χ3n) is 2.82. The number of carbonyl (C=O) groups is 1. The van der Waals surface area contributed by atoms with Crippen molar-refractivity contribution < 1.29 is 9.90 Å². The molecule has 5 heteroatoms. The van der Waals surface area contributed by atoms with Crippen molar-refractivity contribution >= 4 is 23.0 Å². The maximum Gasteiger partial charge on any atom is 0.243 e. The van der Waals surface area contributed by atoms with E-state index in [1.165, 1.54) is 0 Å². The summed E-state index contributed by atoms with van der Waals surface area (Å²) in [5.74, 6) is 0.0204.